The van der Waals surface area contributed by atoms with Crippen LogP contribution < -0.4 is 10.2 Å². The van der Waals surface area contributed by atoms with Crippen LogP contribution in [-0.4, -0.2) is 25.7 Å². The Hall–Kier alpha value is -2.00. The van der Waals surface area contributed by atoms with Crippen molar-refractivity contribution in [1.82, 2.24) is 5.32 Å². The highest BCUT2D eigenvalue weighted by Crippen LogP contribution is 2.52. The van der Waals surface area contributed by atoms with E-state index in [9.17, 15) is 5.11 Å². The number of phenolic OH excluding ortho intramolecular Hbond substituents is 1. The molecule has 2 aliphatic rings. The Kier molecular flexibility index (Phi) is 3.53. The number of anilines is 1. The summed E-state index contributed by atoms with van der Waals surface area (Å²) in [6.07, 6.45) is 2.47. The van der Waals surface area contributed by atoms with Gasteiger partial charge >= 0.3 is 0 Å². The highest BCUT2D eigenvalue weighted by Gasteiger charge is 2.42. The van der Waals surface area contributed by atoms with Crippen molar-refractivity contribution in [2.75, 3.05) is 25.5 Å². The number of piperidine rings is 1. The molecule has 3 nitrogen and oxygen atoms in total. The summed E-state index contributed by atoms with van der Waals surface area (Å²) >= 11 is 0. The van der Waals surface area contributed by atoms with Crippen LogP contribution in [0.4, 0.5) is 5.69 Å². The number of hydrogen-bond donors (Lipinski definition) is 2. The van der Waals surface area contributed by atoms with Gasteiger partial charge in [-0.25, -0.2) is 0 Å². The van der Waals surface area contributed by atoms with E-state index in [1.54, 1.807) is 0 Å². The zero-order valence-corrected chi connectivity index (χ0v) is 13.8. The van der Waals surface area contributed by atoms with Gasteiger partial charge < -0.3 is 15.3 Å². The molecule has 1 heterocycles. The summed E-state index contributed by atoms with van der Waals surface area (Å²) < 4.78 is 0. The minimum Gasteiger partial charge on any atom is -0.508 e. The summed E-state index contributed by atoms with van der Waals surface area (Å²) in [6, 6.07) is 15.2. The average molecular weight is 308 g/mol. The van der Waals surface area contributed by atoms with Gasteiger partial charge in [0, 0.05) is 31.7 Å². The molecule has 0 aromatic heterocycles. The first kappa shape index (κ1) is 14.6. The van der Waals surface area contributed by atoms with Gasteiger partial charge in [-0.1, -0.05) is 18.2 Å². The molecule has 120 valence electrons. The average Bonchev–Trinajstić information content (AvgIpc) is 2.88. The number of hydrogen-bond acceptors (Lipinski definition) is 3. The van der Waals surface area contributed by atoms with Gasteiger partial charge in [0.15, 0.2) is 0 Å². The van der Waals surface area contributed by atoms with Gasteiger partial charge in [-0.2, -0.15) is 0 Å². The lowest BCUT2D eigenvalue weighted by atomic mass is 9.80. The lowest BCUT2D eigenvalue weighted by Crippen LogP contribution is -2.32. The van der Waals surface area contributed by atoms with Crippen LogP contribution >= 0.6 is 0 Å². The molecule has 1 fully saturated rings. The standard InChI is InChI=1S/C20H24N2O/c1-22(2)14-7-5-13(6-8-14)19-17-4-3-11-21-20(17)16-10-9-15(23)12-18(16)19/h5-10,12,17,19-21,23H,3-4,11H2,1-2H3/t17-,19+,20+/m0/s1. The Morgan fingerprint density at radius 1 is 1.04 bits per heavy atom. The number of fused-ring (bicyclic) bond motifs is 3. The molecule has 3 atom stereocenters. The molecule has 0 saturated carbocycles. The van der Waals surface area contributed by atoms with Gasteiger partial charge in [-0.15, -0.1) is 0 Å². The molecular formula is C20H24N2O. The number of aromatic hydroxyl groups is 1. The fraction of sp³-hybridized carbons (Fsp3) is 0.400. The Bertz CT molecular complexity index is 708. The second-order valence-electron chi connectivity index (χ2n) is 7.01. The third-order valence-corrected chi connectivity index (χ3v) is 5.44. The van der Waals surface area contributed by atoms with Gasteiger partial charge in [0.1, 0.15) is 5.75 Å². The summed E-state index contributed by atoms with van der Waals surface area (Å²) in [5.74, 6) is 1.34. The second-order valence-corrected chi connectivity index (χ2v) is 7.01. The molecule has 23 heavy (non-hydrogen) atoms. The van der Waals surface area contributed by atoms with Gasteiger partial charge in [0.2, 0.25) is 0 Å². The summed E-state index contributed by atoms with van der Waals surface area (Å²) in [7, 11) is 4.14. The van der Waals surface area contributed by atoms with Crippen LogP contribution in [0.5, 0.6) is 5.75 Å². The van der Waals surface area contributed by atoms with Gasteiger partial charge in [-0.3, -0.25) is 0 Å². The van der Waals surface area contributed by atoms with Crippen LogP contribution in [0.15, 0.2) is 42.5 Å². The highest BCUT2D eigenvalue weighted by atomic mass is 16.3. The largest absolute Gasteiger partial charge is 0.508 e. The minimum atomic E-state index is 0.373. The Morgan fingerprint density at radius 3 is 2.57 bits per heavy atom. The SMILES string of the molecule is CN(C)c1ccc([C@H]2c3cc(O)ccc3[C@H]3NCCC[C@@H]23)cc1. The van der Waals surface area contributed by atoms with E-state index in [4.69, 9.17) is 0 Å². The number of benzene rings is 2. The van der Waals surface area contributed by atoms with Crippen molar-refractivity contribution in [1.29, 1.82) is 0 Å². The fourth-order valence-electron chi connectivity index (χ4n) is 4.36. The molecule has 0 spiro atoms. The third-order valence-electron chi connectivity index (χ3n) is 5.44. The first-order valence-corrected chi connectivity index (χ1v) is 8.48. The number of nitrogens with zero attached hydrogens (tertiary/aromatic N) is 1. The predicted octanol–water partition coefficient (Wildman–Crippen LogP) is 3.64. The van der Waals surface area contributed by atoms with Gasteiger partial charge in [0.25, 0.3) is 0 Å². The van der Waals surface area contributed by atoms with E-state index in [2.05, 4.69) is 54.6 Å². The topological polar surface area (TPSA) is 35.5 Å². The van der Waals surface area contributed by atoms with E-state index in [1.165, 1.54) is 35.2 Å². The van der Waals surface area contributed by atoms with E-state index in [0.717, 1.165) is 6.54 Å². The van der Waals surface area contributed by atoms with Crippen LogP contribution in [0.1, 0.15) is 41.5 Å². The van der Waals surface area contributed by atoms with Crippen molar-refractivity contribution in [3.63, 3.8) is 0 Å². The van der Waals surface area contributed by atoms with Crippen molar-refractivity contribution in [2.45, 2.75) is 24.8 Å². The molecule has 1 aliphatic heterocycles. The van der Waals surface area contributed by atoms with Crippen molar-refractivity contribution in [3.05, 3.63) is 59.2 Å². The quantitative estimate of drug-likeness (QED) is 0.889. The molecule has 2 N–H and O–H groups in total. The van der Waals surface area contributed by atoms with Crippen molar-refractivity contribution >= 4 is 5.69 Å². The summed E-state index contributed by atoms with van der Waals surface area (Å²) in [5.41, 5.74) is 5.25. The van der Waals surface area contributed by atoms with Crippen LogP contribution in [0.2, 0.25) is 0 Å². The normalized spacial score (nSPS) is 25.7. The smallest absolute Gasteiger partial charge is 0.115 e. The molecule has 0 radical (unpaired) electrons. The molecule has 3 heteroatoms. The first-order valence-electron chi connectivity index (χ1n) is 8.48. The third kappa shape index (κ3) is 2.40. The number of phenols is 1. The fourth-order valence-corrected chi connectivity index (χ4v) is 4.36. The molecule has 4 rings (SSSR count). The van der Waals surface area contributed by atoms with E-state index < -0.39 is 0 Å². The Morgan fingerprint density at radius 2 is 1.83 bits per heavy atom. The first-order chi connectivity index (χ1) is 11.1. The monoisotopic (exact) mass is 308 g/mol. The maximum atomic E-state index is 9.98. The molecule has 0 unspecified atom stereocenters. The highest BCUT2D eigenvalue weighted by molar-refractivity contribution is 5.52. The Balaban J connectivity index is 1.78. The van der Waals surface area contributed by atoms with Crippen molar-refractivity contribution < 1.29 is 5.11 Å². The minimum absolute atomic E-state index is 0.373. The zero-order chi connectivity index (χ0) is 16.0. The van der Waals surface area contributed by atoms with Gasteiger partial charge in [-0.05, 0) is 66.3 Å². The molecule has 0 bridgehead atoms. The lowest BCUT2D eigenvalue weighted by molar-refractivity contribution is 0.287. The molecule has 1 aliphatic carbocycles. The molecule has 0 amide bonds. The maximum absolute atomic E-state index is 9.98. The van der Waals surface area contributed by atoms with E-state index in [1.807, 2.05) is 12.1 Å². The zero-order valence-electron chi connectivity index (χ0n) is 13.8. The molecule has 2 aromatic rings. The number of rotatable bonds is 2. The second kappa shape index (κ2) is 5.57. The van der Waals surface area contributed by atoms with Crippen molar-refractivity contribution in [2.24, 2.45) is 5.92 Å². The van der Waals surface area contributed by atoms with Crippen LogP contribution in [0.25, 0.3) is 0 Å². The van der Waals surface area contributed by atoms with Crippen LogP contribution in [0, 0.1) is 5.92 Å². The summed E-state index contributed by atoms with van der Waals surface area (Å²) in [6.45, 7) is 1.09. The predicted molar refractivity (Wildman–Crippen MR) is 94.2 cm³/mol. The summed E-state index contributed by atoms with van der Waals surface area (Å²) in [4.78, 5) is 2.13. The van der Waals surface area contributed by atoms with Crippen LogP contribution in [-0.2, 0) is 0 Å². The molecule has 1 saturated heterocycles. The molecule has 2 aromatic carbocycles. The van der Waals surface area contributed by atoms with E-state index in [0.29, 0.717) is 23.6 Å². The van der Waals surface area contributed by atoms with E-state index in [-0.39, 0.29) is 0 Å². The molecular weight excluding hydrogens is 284 g/mol. The summed E-state index contributed by atoms with van der Waals surface area (Å²) in [5, 5.41) is 13.7. The van der Waals surface area contributed by atoms with Gasteiger partial charge in [0.05, 0.1) is 0 Å². The van der Waals surface area contributed by atoms with Crippen LogP contribution in [0.3, 0.4) is 0 Å². The van der Waals surface area contributed by atoms with E-state index >= 15 is 0 Å². The van der Waals surface area contributed by atoms with Crippen molar-refractivity contribution in [3.8, 4) is 5.75 Å². The lowest BCUT2D eigenvalue weighted by Gasteiger charge is -2.31. The maximum Gasteiger partial charge on any atom is 0.115 e. The number of nitrogens with one attached hydrogen (secondary N) is 1. The Labute approximate surface area is 138 Å².